The van der Waals surface area contributed by atoms with Crippen LogP contribution in [0.5, 0.6) is 5.75 Å². The zero-order chi connectivity index (χ0) is 19.1. The Morgan fingerprint density at radius 2 is 2.04 bits per heavy atom. The number of benzene rings is 2. The standard InChI is InChI=1S/C18H14ClN3O4/c1-26-15-5-2-12(3-6-15)11-21-18(23)14(10-20)8-13-4-7-16(19)17(9-13)22(24)25/h2-9H,11H2,1H3,(H,21,23)/b14-8+. The van der Waals surface area contributed by atoms with Gasteiger partial charge in [0, 0.05) is 12.6 Å². The topological polar surface area (TPSA) is 105 Å². The lowest BCUT2D eigenvalue weighted by Crippen LogP contribution is -2.23. The first kappa shape index (κ1) is 19.0. The van der Waals surface area contributed by atoms with Gasteiger partial charge in [0.2, 0.25) is 0 Å². The number of hydrogen-bond acceptors (Lipinski definition) is 5. The molecule has 0 aromatic heterocycles. The maximum Gasteiger partial charge on any atom is 0.288 e. The Kier molecular flexibility index (Phi) is 6.31. The molecule has 0 atom stereocenters. The largest absolute Gasteiger partial charge is 0.497 e. The van der Waals surface area contributed by atoms with Gasteiger partial charge in [-0.1, -0.05) is 29.8 Å². The Labute approximate surface area is 154 Å². The highest BCUT2D eigenvalue weighted by atomic mass is 35.5. The number of rotatable bonds is 6. The fourth-order valence-electron chi connectivity index (χ4n) is 2.10. The maximum absolute atomic E-state index is 12.2. The second-order valence-electron chi connectivity index (χ2n) is 5.17. The first-order chi connectivity index (χ1) is 12.4. The number of hydrogen-bond donors (Lipinski definition) is 1. The van der Waals surface area contributed by atoms with E-state index in [-0.39, 0.29) is 22.8 Å². The number of nitrogens with zero attached hydrogens (tertiary/aromatic N) is 2. The second-order valence-corrected chi connectivity index (χ2v) is 5.58. The van der Waals surface area contributed by atoms with Gasteiger partial charge in [-0.2, -0.15) is 5.26 Å². The zero-order valence-corrected chi connectivity index (χ0v) is 14.5. The van der Waals surface area contributed by atoms with Gasteiger partial charge in [-0.3, -0.25) is 14.9 Å². The van der Waals surface area contributed by atoms with Crippen molar-refractivity contribution in [3.63, 3.8) is 0 Å². The minimum Gasteiger partial charge on any atom is -0.497 e. The number of amides is 1. The summed E-state index contributed by atoms with van der Waals surface area (Å²) in [5, 5.41) is 22.7. The van der Waals surface area contributed by atoms with Gasteiger partial charge in [-0.15, -0.1) is 0 Å². The van der Waals surface area contributed by atoms with E-state index in [2.05, 4.69) is 5.32 Å². The predicted octanol–water partition coefficient (Wildman–Crippen LogP) is 3.48. The first-order valence-corrected chi connectivity index (χ1v) is 7.79. The van der Waals surface area contributed by atoms with Crippen molar-refractivity contribution in [3.8, 4) is 11.8 Å². The summed E-state index contributed by atoms with van der Waals surface area (Å²) in [6.45, 7) is 0.225. The van der Waals surface area contributed by atoms with Crippen LogP contribution < -0.4 is 10.1 Å². The highest BCUT2D eigenvalue weighted by Crippen LogP contribution is 2.26. The summed E-state index contributed by atoms with van der Waals surface area (Å²) < 4.78 is 5.05. The molecule has 26 heavy (non-hydrogen) atoms. The quantitative estimate of drug-likeness (QED) is 0.362. The minimum absolute atomic E-state index is 0.0189. The Morgan fingerprint density at radius 1 is 1.35 bits per heavy atom. The van der Waals surface area contributed by atoms with Gasteiger partial charge in [0.05, 0.1) is 12.0 Å². The van der Waals surface area contributed by atoms with Crippen molar-refractivity contribution in [2.75, 3.05) is 7.11 Å². The lowest BCUT2D eigenvalue weighted by atomic mass is 10.1. The van der Waals surface area contributed by atoms with Crippen molar-refractivity contribution < 1.29 is 14.5 Å². The molecule has 1 N–H and O–H groups in total. The smallest absolute Gasteiger partial charge is 0.288 e. The molecule has 0 saturated heterocycles. The lowest BCUT2D eigenvalue weighted by molar-refractivity contribution is -0.384. The van der Waals surface area contributed by atoms with Crippen LogP contribution in [0.25, 0.3) is 6.08 Å². The average molecular weight is 372 g/mol. The fraction of sp³-hybridized carbons (Fsp3) is 0.111. The highest BCUT2D eigenvalue weighted by molar-refractivity contribution is 6.32. The van der Waals surface area contributed by atoms with Gasteiger partial charge in [0.1, 0.15) is 22.4 Å². The summed E-state index contributed by atoms with van der Waals surface area (Å²) in [7, 11) is 1.56. The Bertz CT molecular complexity index is 902. The number of ether oxygens (including phenoxy) is 1. The number of carbonyl (C=O) groups excluding carboxylic acids is 1. The summed E-state index contributed by atoms with van der Waals surface area (Å²) in [4.78, 5) is 22.5. The normalized spacial score (nSPS) is 10.7. The molecule has 0 saturated carbocycles. The molecule has 7 nitrogen and oxygen atoms in total. The summed E-state index contributed by atoms with van der Waals surface area (Å²) in [5.74, 6) is 0.114. The van der Waals surface area contributed by atoms with Crippen LogP contribution in [-0.4, -0.2) is 17.9 Å². The highest BCUT2D eigenvalue weighted by Gasteiger charge is 2.14. The van der Waals surface area contributed by atoms with Crippen molar-refractivity contribution in [2.45, 2.75) is 6.54 Å². The van der Waals surface area contributed by atoms with Gasteiger partial charge in [-0.25, -0.2) is 0 Å². The molecule has 2 rings (SSSR count). The van der Waals surface area contributed by atoms with Crippen LogP contribution in [0.4, 0.5) is 5.69 Å². The van der Waals surface area contributed by atoms with Gasteiger partial charge < -0.3 is 10.1 Å². The zero-order valence-electron chi connectivity index (χ0n) is 13.7. The third-order valence-corrected chi connectivity index (χ3v) is 3.77. The first-order valence-electron chi connectivity index (χ1n) is 7.41. The third-order valence-electron chi connectivity index (χ3n) is 3.46. The molecule has 0 aliphatic heterocycles. The predicted molar refractivity (Wildman–Crippen MR) is 96.5 cm³/mol. The van der Waals surface area contributed by atoms with Crippen LogP contribution in [0.1, 0.15) is 11.1 Å². The maximum atomic E-state index is 12.2. The summed E-state index contributed by atoms with van der Waals surface area (Å²) in [6, 6.07) is 12.9. The minimum atomic E-state index is -0.629. The number of nitrogens with one attached hydrogen (secondary N) is 1. The molecule has 0 radical (unpaired) electrons. The van der Waals surface area contributed by atoms with E-state index < -0.39 is 10.8 Å². The molecule has 2 aromatic rings. The fourth-order valence-corrected chi connectivity index (χ4v) is 2.28. The van der Waals surface area contributed by atoms with E-state index in [0.717, 1.165) is 5.56 Å². The van der Waals surface area contributed by atoms with Crippen molar-refractivity contribution in [3.05, 3.63) is 74.3 Å². The average Bonchev–Trinajstić information content (AvgIpc) is 2.65. The molecule has 0 fully saturated rings. The summed E-state index contributed by atoms with van der Waals surface area (Å²) >= 11 is 5.75. The van der Waals surface area contributed by atoms with E-state index in [1.807, 2.05) is 0 Å². The number of nitro groups is 1. The Balaban J connectivity index is 2.12. The molecule has 1 amide bonds. The molecule has 0 aliphatic carbocycles. The third kappa shape index (κ3) is 4.82. The van der Waals surface area contributed by atoms with Crippen LogP contribution in [0.3, 0.4) is 0 Å². The van der Waals surface area contributed by atoms with Crippen LogP contribution in [0, 0.1) is 21.4 Å². The lowest BCUT2D eigenvalue weighted by Gasteiger charge is -2.06. The molecule has 0 bridgehead atoms. The van der Waals surface area contributed by atoms with Crippen molar-refractivity contribution in [1.29, 1.82) is 5.26 Å². The van der Waals surface area contributed by atoms with E-state index in [1.54, 1.807) is 37.4 Å². The van der Waals surface area contributed by atoms with Crippen molar-refractivity contribution in [2.24, 2.45) is 0 Å². The summed E-state index contributed by atoms with van der Waals surface area (Å²) in [5.41, 5.74) is 0.697. The van der Waals surface area contributed by atoms with Gasteiger partial charge in [0.15, 0.2) is 0 Å². The molecule has 0 spiro atoms. The van der Waals surface area contributed by atoms with Crippen LogP contribution in [0.15, 0.2) is 48.0 Å². The Morgan fingerprint density at radius 3 is 2.62 bits per heavy atom. The van der Waals surface area contributed by atoms with E-state index in [9.17, 15) is 20.2 Å². The monoisotopic (exact) mass is 371 g/mol. The second kappa shape index (κ2) is 8.65. The number of methoxy groups -OCH3 is 1. The molecule has 2 aromatic carbocycles. The van der Waals surface area contributed by atoms with E-state index in [4.69, 9.17) is 16.3 Å². The summed E-state index contributed by atoms with van der Waals surface area (Å²) in [6.07, 6.45) is 1.27. The molecular formula is C18H14ClN3O4. The SMILES string of the molecule is COc1ccc(CNC(=O)/C(C#N)=C/c2ccc(Cl)c([N+](=O)[O-])c2)cc1. The molecule has 0 unspecified atom stereocenters. The molecule has 0 heterocycles. The van der Waals surface area contributed by atoms with E-state index in [1.165, 1.54) is 24.3 Å². The molecule has 132 valence electrons. The van der Waals surface area contributed by atoms with Crippen LogP contribution in [0.2, 0.25) is 5.02 Å². The van der Waals surface area contributed by atoms with Crippen LogP contribution >= 0.6 is 11.6 Å². The molecular weight excluding hydrogens is 358 g/mol. The number of nitriles is 1. The number of halogens is 1. The van der Waals surface area contributed by atoms with E-state index in [0.29, 0.717) is 11.3 Å². The van der Waals surface area contributed by atoms with Gasteiger partial charge in [-0.05, 0) is 35.4 Å². The van der Waals surface area contributed by atoms with Crippen molar-refractivity contribution in [1.82, 2.24) is 5.32 Å². The van der Waals surface area contributed by atoms with Crippen molar-refractivity contribution >= 4 is 29.3 Å². The molecule has 0 aliphatic rings. The van der Waals surface area contributed by atoms with Crippen LogP contribution in [-0.2, 0) is 11.3 Å². The number of carbonyl (C=O) groups is 1. The molecule has 8 heteroatoms. The Hall–Kier alpha value is -3.37. The van der Waals surface area contributed by atoms with Gasteiger partial charge >= 0.3 is 0 Å². The van der Waals surface area contributed by atoms with Gasteiger partial charge in [0.25, 0.3) is 11.6 Å². The van der Waals surface area contributed by atoms with E-state index >= 15 is 0 Å². The number of nitro benzene ring substituents is 1.